The molecule has 0 spiro atoms. The van der Waals surface area contributed by atoms with Gasteiger partial charge in [-0.05, 0) is 128 Å². The smallest absolute Gasteiger partial charge is 0.306 e. The third-order valence-corrected chi connectivity index (χ3v) is 14.3. The molecule has 0 saturated carbocycles. The van der Waals surface area contributed by atoms with Crippen molar-refractivity contribution in [1.29, 1.82) is 0 Å². The molecule has 1 unspecified atom stereocenters. The molecule has 0 radical (unpaired) electrons. The van der Waals surface area contributed by atoms with Gasteiger partial charge in [0.05, 0.1) is 0 Å². The maximum Gasteiger partial charge on any atom is 0.306 e. The summed E-state index contributed by atoms with van der Waals surface area (Å²) in [5.41, 5.74) is 0. The minimum absolute atomic E-state index is 0.107. The molecule has 0 aromatic carbocycles. The second-order valence-electron chi connectivity index (χ2n) is 22.3. The molecule has 0 rings (SSSR count). The van der Waals surface area contributed by atoms with Gasteiger partial charge in [0, 0.05) is 19.3 Å². The number of hydrogen-bond acceptors (Lipinski definition) is 6. The van der Waals surface area contributed by atoms with Crippen molar-refractivity contribution in [1.82, 2.24) is 0 Å². The van der Waals surface area contributed by atoms with E-state index in [2.05, 4.69) is 161 Å². The maximum absolute atomic E-state index is 12.9. The summed E-state index contributed by atoms with van der Waals surface area (Å²) in [6.45, 7) is 6.34. The molecule has 470 valence electrons. The first-order valence-corrected chi connectivity index (χ1v) is 34.3. The van der Waals surface area contributed by atoms with E-state index in [9.17, 15) is 14.4 Å². The van der Waals surface area contributed by atoms with E-state index in [-0.39, 0.29) is 37.5 Å². The van der Waals surface area contributed by atoms with Crippen LogP contribution in [0.1, 0.15) is 303 Å². The van der Waals surface area contributed by atoms with E-state index in [1.165, 1.54) is 141 Å². The summed E-state index contributed by atoms with van der Waals surface area (Å²) in [6, 6.07) is 0. The number of unbranched alkanes of at least 4 members (excludes halogenated alkanes) is 26. The predicted molar refractivity (Wildman–Crippen MR) is 362 cm³/mol. The zero-order chi connectivity index (χ0) is 59.9. The number of carbonyl (C=O) groups is 3. The van der Waals surface area contributed by atoms with E-state index in [1.54, 1.807) is 0 Å². The summed E-state index contributed by atoms with van der Waals surface area (Å²) in [6.07, 6.45) is 100. The summed E-state index contributed by atoms with van der Waals surface area (Å²) in [7, 11) is 0. The first-order chi connectivity index (χ1) is 41.0. The van der Waals surface area contributed by atoms with E-state index >= 15 is 0 Å². The van der Waals surface area contributed by atoms with Gasteiger partial charge in [-0.2, -0.15) is 0 Å². The van der Waals surface area contributed by atoms with Crippen LogP contribution in [0.25, 0.3) is 0 Å². The van der Waals surface area contributed by atoms with Gasteiger partial charge in [0.2, 0.25) is 0 Å². The van der Waals surface area contributed by atoms with Crippen molar-refractivity contribution in [3.63, 3.8) is 0 Å². The zero-order valence-corrected chi connectivity index (χ0v) is 53.9. The van der Waals surface area contributed by atoms with Crippen LogP contribution in [0.2, 0.25) is 0 Å². The molecule has 0 bridgehead atoms. The third kappa shape index (κ3) is 68.0. The highest BCUT2D eigenvalue weighted by Crippen LogP contribution is 2.16. The maximum atomic E-state index is 12.9. The van der Waals surface area contributed by atoms with E-state index in [4.69, 9.17) is 14.2 Å². The van der Waals surface area contributed by atoms with Crippen molar-refractivity contribution in [2.45, 2.75) is 309 Å². The summed E-state index contributed by atoms with van der Waals surface area (Å²) in [5.74, 6) is -0.997. The Hall–Kier alpha value is -4.71. The summed E-state index contributed by atoms with van der Waals surface area (Å²) in [5, 5.41) is 0. The number of esters is 3. The van der Waals surface area contributed by atoms with Crippen molar-refractivity contribution in [2.24, 2.45) is 0 Å². The Morgan fingerprint density at radius 2 is 0.494 bits per heavy atom. The number of rotatable bonds is 61. The van der Waals surface area contributed by atoms with Crippen LogP contribution < -0.4 is 0 Å². The fourth-order valence-corrected chi connectivity index (χ4v) is 9.26. The van der Waals surface area contributed by atoms with Gasteiger partial charge in [0.25, 0.3) is 0 Å². The Balaban J connectivity index is 4.36. The van der Waals surface area contributed by atoms with E-state index in [0.717, 1.165) is 116 Å². The summed E-state index contributed by atoms with van der Waals surface area (Å²) in [4.78, 5) is 38.4. The molecular weight excluding hydrogens is 1020 g/mol. The lowest BCUT2D eigenvalue weighted by Crippen LogP contribution is -2.30. The number of carbonyl (C=O) groups excluding carboxylic acids is 3. The molecule has 0 N–H and O–H groups in total. The number of hydrogen-bond donors (Lipinski definition) is 0. The molecule has 0 fully saturated rings. The van der Waals surface area contributed by atoms with Crippen LogP contribution in [0.4, 0.5) is 0 Å². The second kappa shape index (κ2) is 69.8. The fourth-order valence-electron chi connectivity index (χ4n) is 9.26. The molecule has 1 atom stereocenters. The largest absolute Gasteiger partial charge is 0.462 e. The average molecular weight is 1150 g/mol. The van der Waals surface area contributed by atoms with E-state index in [1.807, 2.05) is 6.08 Å². The lowest BCUT2D eigenvalue weighted by molar-refractivity contribution is -0.166. The highest BCUT2D eigenvalue weighted by molar-refractivity contribution is 5.71. The Morgan fingerprint density at radius 3 is 0.807 bits per heavy atom. The summed E-state index contributed by atoms with van der Waals surface area (Å²) >= 11 is 0. The highest BCUT2D eigenvalue weighted by Gasteiger charge is 2.19. The normalized spacial score (nSPS) is 13.0. The Labute approximate surface area is 512 Å². The first kappa shape index (κ1) is 78.3. The van der Waals surface area contributed by atoms with Crippen LogP contribution in [0.3, 0.4) is 0 Å². The third-order valence-electron chi connectivity index (χ3n) is 14.3. The molecule has 0 aromatic heterocycles. The van der Waals surface area contributed by atoms with Crippen molar-refractivity contribution in [2.75, 3.05) is 13.2 Å². The molecule has 0 saturated heterocycles. The minimum Gasteiger partial charge on any atom is -0.462 e. The Morgan fingerprint density at radius 1 is 0.253 bits per heavy atom. The predicted octanol–water partition coefficient (Wildman–Crippen LogP) is 23.9. The van der Waals surface area contributed by atoms with Gasteiger partial charge in [-0.25, -0.2) is 0 Å². The molecule has 0 amide bonds. The number of ether oxygens (including phenoxy) is 3. The molecule has 0 aliphatic heterocycles. The van der Waals surface area contributed by atoms with E-state index < -0.39 is 6.10 Å². The molecule has 6 nitrogen and oxygen atoms in total. The Kier molecular flexibility index (Phi) is 65.8. The van der Waals surface area contributed by atoms with Crippen LogP contribution in [-0.2, 0) is 28.6 Å². The lowest BCUT2D eigenvalue weighted by Gasteiger charge is -2.18. The molecule has 0 aliphatic rings. The van der Waals surface area contributed by atoms with Crippen LogP contribution in [-0.4, -0.2) is 37.2 Å². The van der Waals surface area contributed by atoms with Gasteiger partial charge in [-0.1, -0.05) is 301 Å². The van der Waals surface area contributed by atoms with Gasteiger partial charge in [0.15, 0.2) is 6.10 Å². The van der Waals surface area contributed by atoms with Gasteiger partial charge in [0.1, 0.15) is 13.2 Å². The molecule has 0 heterocycles. The van der Waals surface area contributed by atoms with Gasteiger partial charge in [-0.3, -0.25) is 14.4 Å². The van der Waals surface area contributed by atoms with Crippen LogP contribution in [0.15, 0.2) is 146 Å². The van der Waals surface area contributed by atoms with Gasteiger partial charge < -0.3 is 14.2 Å². The average Bonchev–Trinajstić information content (AvgIpc) is 3.49. The minimum atomic E-state index is -0.819. The van der Waals surface area contributed by atoms with Crippen molar-refractivity contribution in [3.8, 4) is 0 Å². The molecule has 83 heavy (non-hydrogen) atoms. The van der Waals surface area contributed by atoms with Gasteiger partial charge >= 0.3 is 17.9 Å². The molecule has 0 aromatic rings. The SMILES string of the molecule is CC/C=C\C/C=C\C/C=C\C/C=C\C/C=C\CCCCCCCCCCCC(=O)OC(COC(=O)CC/C=C\C/C=C\C/C=C\C/C=C\CC)COC(=O)CCCCCCCCCCCCCC/C=C\C/C=C\C/C=C\CCCCCCC. The summed E-state index contributed by atoms with van der Waals surface area (Å²) < 4.78 is 16.9. The van der Waals surface area contributed by atoms with Crippen LogP contribution in [0.5, 0.6) is 0 Å². The van der Waals surface area contributed by atoms with Crippen molar-refractivity contribution in [3.05, 3.63) is 146 Å². The van der Waals surface area contributed by atoms with Crippen molar-refractivity contribution < 1.29 is 28.6 Å². The standard InChI is InChI=1S/C77H126O6/c1-4-7-10-13-16-19-22-25-27-29-31-33-35-37-38-40-41-43-45-47-49-52-55-58-61-64-67-70-76(79)82-73-74(72-81-75(78)69-66-63-60-57-54-51-24-21-18-15-12-9-6-3)83-77(80)71-68-65-62-59-56-53-50-48-46-44-42-39-36-34-32-30-28-26-23-20-17-14-11-8-5-2/h8-9,11-12,17-18,20-22,25-26,28-29,31-32,34-35,37,39,42,51,54,60,63,74H,4-7,10,13-16,19,23-24,27,30,33,36,38,40-41,43-50,52-53,55-59,61-62,64-73H2,1-3H3/b11-8-,12-9-,20-17-,21-18-,25-22-,28-26-,31-29-,34-32-,37-35-,42-39-,54-51-,63-60-. The van der Waals surface area contributed by atoms with Crippen LogP contribution >= 0.6 is 0 Å². The zero-order valence-electron chi connectivity index (χ0n) is 53.9. The molecule has 0 aliphatic carbocycles. The van der Waals surface area contributed by atoms with Crippen LogP contribution in [0, 0.1) is 0 Å². The highest BCUT2D eigenvalue weighted by atomic mass is 16.6. The topological polar surface area (TPSA) is 78.9 Å². The molecular formula is C77H126O6. The molecule has 6 heteroatoms. The van der Waals surface area contributed by atoms with Gasteiger partial charge in [-0.15, -0.1) is 0 Å². The fraction of sp³-hybridized carbons (Fsp3) is 0.649. The monoisotopic (exact) mass is 1150 g/mol. The van der Waals surface area contributed by atoms with Crippen molar-refractivity contribution >= 4 is 17.9 Å². The quantitative estimate of drug-likeness (QED) is 0.0261. The lowest BCUT2D eigenvalue weighted by atomic mass is 10.0. The Bertz CT molecular complexity index is 1800. The first-order valence-electron chi connectivity index (χ1n) is 34.3. The number of allylic oxidation sites excluding steroid dienone is 24. The van der Waals surface area contributed by atoms with E-state index in [0.29, 0.717) is 19.3 Å². The second-order valence-corrected chi connectivity index (χ2v) is 22.3.